The minimum atomic E-state index is 0.0355. The minimum absolute atomic E-state index is 0.0355. The van der Waals surface area contributed by atoms with Gasteiger partial charge in [-0.15, -0.1) is 0 Å². The summed E-state index contributed by atoms with van der Waals surface area (Å²) >= 11 is 1.23. The standard InChI is InChI=1S/C8H14N2OS/c1-3-9-4-6(2)7-5-12-8(11)10-7/h5-6,9H,3-4H2,1-2H3,(H,10,11). The fourth-order valence-corrected chi connectivity index (χ4v) is 1.71. The number of nitrogens with one attached hydrogen (secondary N) is 2. The minimum Gasteiger partial charge on any atom is -0.316 e. The lowest BCUT2D eigenvalue weighted by atomic mass is 10.1. The second kappa shape index (κ2) is 4.42. The van der Waals surface area contributed by atoms with Crippen LogP contribution in [0.4, 0.5) is 0 Å². The second-order valence-corrected chi connectivity index (χ2v) is 3.65. The molecule has 1 atom stereocenters. The third-order valence-electron chi connectivity index (χ3n) is 1.77. The van der Waals surface area contributed by atoms with Crippen LogP contribution in [0.1, 0.15) is 25.5 Å². The average molecular weight is 186 g/mol. The van der Waals surface area contributed by atoms with Gasteiger partial charge >= 0.3 is 4.87 Å². The van der Waals surface area contributed by atoms with Gasteiger partial charge in [0.1, 0.15) is 0 Å². The first-order chi connectivity index (χ1) is 5.74. The highest BCUT2D eigenvalue weighted by molar-refractivity contribution is 7.07. The molecular formula is C8H14N2OS. The van der Waals surface area contributed by atoms with Crippen molar-refractivity contribution in [3.63, 3.8) is 0 Å². The molecule has 1 aromatic heterocycles. The molecule has 0 bridgehead atoms. The molecule has 68 valence electrons. The van der Waals surface area contributed by atoms with Crippen LogP contribution in [-0.4, -0.2) is 18.1 Å². The van der Waals surface area contributed by atoms with Gasteiger partial charge in [0.2, 0.25) is 0 Å². The molecule has 0 aromatic carbocycles. The molecule has 0 saturated carbocycles. The molecule has 1 unspecified atom stereocenters. The average Bonchev–Trinajstić information content (AvgIpc) is 2.47. The molecule has 0 saturated heterocycles. The third-order valence-corrected chi connectivity index (χ3v) is 2.46. The zero-order valence-corrected chi connectivity index (χ0v) is 8.20. The Bertz CT molecular complexity index is 279. The quantitative estimate of drug-likeness (QED) is 0.741. The lowest BCUT2D eigenvalue weighted by Gasteiger charge is -2.08. The van der Waals surface area contributed by atoms with Crippen LogP contribution >= 0.6 is 11.3 Å². The maximum absolute atomic E-state index is 10.8. The molecule has 0 spiro atoms. The van der Waals surface area contributed by atoms with E-state index in [0.29, 0.717) is 5.92 Å². The van der Waals surface area contributed by atoms with Crippen LogP contribution in [-0.2, 0) is 0 Å². The zero-order chi connectivity index (χ0) is 8.97. The van der Waals surface area contributed by atoms with Crippen molar-refractivity contribution in [2.24, 2.45) is 0 Å². The molecule has 0 aliphatic carbocycles. The molecule has 1 heterocycles. The van der Waals surface area contributed by atoms with Gasteiger partial charge in [0.25, 0.3) is 0 Å². The van der Waals surface area contributed by atoms with Crippen molar-refractivity contribution in [1.82, 2.24) is 10.3 Å². The van der Waals surface area contributed by atoms with E-state index in [9.17, 15) is 4.79 Å². The fourth-order valence-electron chi connectivity index (χ4n) is 1.00. The number of thiazole rings is 1. The largest absolute Gasteiger partial charge is 0.316 e. The number of hydrogen-bond donors (Lipinski definition) is 2. The van der Waals surface area contributed by atoms with Crippen LogP contribution < -0.4 is 10.2 Å². The van der Waals surface area contributed by atoms with E-state index in [1.54, 1.807) is 0 Å². The number of H-pyrrole nitrogens is 1. The number of aromatic nitrogens is 1. The van der Waals surface area contributed by atoms with Crippen molar-refractivity contribution in [2.45, 2.75) is 19.8 Å². The first-order valence-electron chi connectivity index (χ1n) is 4.12. The number of likely N-dealkylation sites (N-methyl/N-ethyl adjacent to an activating group) is 1. The van der Waals surface area contributed by atoms with Crippen LogP contribution in [0.15, 0.2) is 10.2 Å². The lowest BCUT2D eigenvalue weighted by molar-refractivity contribution is 0.625. The maximum Gasteiger partial charge on any atom is 0.304 e. The van der Waals surface area contributed by atoms with Crippen molar-refractivity contribution in [3.8, 4) is 0 Å². The summed E-state index contributed by atoms with van der Waals surface area (Å²) in [5.74, 6) is 0.392. The maximum atomic E-state index is 10.8. The Balaban J connectivity index is 2.53. The van der Waals surface area contributed by atoms with Crippen molar-refractivity contribution in [2.75, 3.05) is 13.1 Å². The number of hydrogen-bond acceptors (Lipinski definition) is 3. The van der Waals surface area contributed by atoms with Gasteiger partial charge in [0.05, 0.1) is 0 Å². The van der Waals surface area contributed by atoms with E-state index in [4.69, 9.17) is 0 Å². The van der Waals surface area contributed by atoms with E-state index in [1.165, 1.54) is 11.3 Å². The summed E-state index contributed by atoms with van der Waals surface area (Å²) in [6.07, 6.45) is 0. The second-order valence-electron chi connectivity index (χ2n) is 2.81. The highest BCUT2D eigenvalue weighted by Gasteiger charge is 2.05. The monoisotopic (exact) mass is 186 g/mol. The SMILES string of the molecule is CCNCC(C)c1csc(=O)[nH]1. The molecular weight excluding hydrogens is 172 g/mol. The Hall–Kier alpha value is -0.610. The smallest absolute Gasteiger partial charge is 0.304 e. The zero-order valence-electron chi connectivity index (χ0n) is 7.39. The van der Waals surface area contributed by atoms with Gasteiger partial charge in [-0.2, -0.15) is 0 Å². The summed E-state index contributed by atoms with van der Waals surface area (Å²) in [5, 5.41) is 5.13. The van der Waals surface area contributed by atoms with Crippen molar-refractivity contribution >= 4 is 11.3 Å². The fraction of sp³-hybridized carbons (Fsp3) is 0.625. The van der Waals surface area contributed by atoms with Crippen molar-refractivity contribution in [1.29, 1.82) is 0 Å². The molecule has 0 radical (unpaired) electrons. The van der Waals surface area contributed by atoms with Crippen LogP contribution in [0.25, 0.3) is 0 Å². The summed E-state index contributed by atoms with van der Waals surface area (Å²) in [7, 11) is 0. The Morgan fingerprint density at radius 1 is 1.75 bits per heavy atom. The summed E-state index contributed by atoms with van der Waals surface area (Å²) in [5.41, 5.74) is 1.03. The lowest BCUT2D eigenvalue weighted by Crippen LogP contribution is -2.19. The van der Waals surface area contributed by atoms with Gasteiger partial charge in [-0.3, -0.25) is 4.79 Å². The Morgan fingerprint density at radius 2 is 2.50 bits per heavy atom. The molecule has 1 rings (SSSR count). The van der Waals surface area contributed by atoms with E-state index in [-0.39, 0.29) is 4.87 Å². The van der Waals surface area contributed by atoms with Gasteiger partial charge in [-0.25, -0.2) is 0 Å². The molecule has 0 aliphatic heterocycles. The van der Waals surface area contributed by atoms with E-state index >= 15 is 0 Å². The van der Waals surface area contributed by atoms with E-state index in [2.05, 4.69) is 24.1 Å². The summed E-state index contributed by atoms with van der Waals surface area (Å²) in [4.78, 5) is 13.7. The van der Waals surface area contributed by atoms with Crippen molar-refractivity contribution in [3.05, 3.63) is 20.7 Å². The first-order valence-corrected chi connectivity index (χ1v) is 5.00. The molecule has 3 nitrogen and oxygen atoms in total. The molecule has 1 aromatic rings. The molecule has 0 amide bonds. The van der Waals surface area contributed by atoms with Crippen LogP contribution in [0, 0.1) is 0 Å². The summed E-state index contributed by atoms with van der Waals surface area (Å²) in [6, 6.07) is 0. The van der Waals surface area contributed by atoms with E-state index < -0.39 is 0 Å². The topological polar surface area (TPSA) is 44.9 Å². The Labute approximate surface area is 75.8 Å². The summed E-state index contributed by atoms with van der Waals surface area (Å²) < 4.78 is 0. The van der Waals surface area contributed by atoms with Crippen molar-refractivity contribution < 1.29 is 0 Å². The highest BCUT2D eigenvalue weighted by Crippen LogP contribution is 2.10. The van der Waals surface area contributed by atoms with Crippen LogP contribution in [0.3, 0.4) is 0 Å². The predicted octanol–water partition coefficient (Wildman–Crippen LogP) is 1.15. The first kappa shape index (κ1) is 9.48. The normalized spacial score (nSPS) is 13.2. The third kappa shape index (κ3) is 2.46. The molecule has 12 heavy (non-hydrogen) atoms. The van der Waals surface area contributed by atoms with Gasteiger partial charge in [-0.1, -0.05) is 25.2 Å². The highest BCUT2D eigenvalue weighted by atomic mass is 32.1. The van der Waals surface area contributed by atoms with E-state index in [0.717, 1.165) is 18.8 Å². The van der Waals surface area contributed by atoms with Crippen LogP contribution in [0.2, 0.25) is 0 Å². The van der Waals surface area contributed by atoms with Gasteiger partial charge in [0, 0.05) is 23.5 Å². The van der Waals surface area contributed by atoms with E-state index in [1.807, 2.05) is 5.38 Å². The number of aromatic amines is 1. The molecule has 4 heteroatoms. The summed E-state index contributed by atoms with van der Waals surface area (Å²) in [6.45, 7) is 6.06. The number of rotatable bonds is 4. The Morgan fingerprint density at radius 3 is 3.00 bits per heavy atom. The Kier molecular flexibility index (Phi) is 3.49. The molecule has 0 aliphatic rings. The predicted molar refractivity (Wildman–Crippen MR) is 51.9 cm³/mol. The molecule has 2 N–H and O–H groups in total. The van der Waals surface area contributed by atoms with Gasteiger partial charge < -0.3 is 10.3 Å². The van der Waals surface area contributed by atoms with Crippen LogP contribution in [0.5, 0.6) is 0 Å². The van der Waals surface area contributed by atoms with Gasteiger partial charge in [0.15, 0.2) is 0 Å². The van der Waals surface area contributed by atoms with Gasteiger partial charge in [-0.05, 0) is 6.54 Å². The molecule has 0 fully saturated rings.